The summed E-state index contributed by atoms with van der Waals surface area (Å²) < 4.78 is 115. The van der Waals surface area contributed by atoms with Crippen LogP contribution in [0.5, 0.6) is 0 Å². The molecule has 0 fully saturated rings. The Bertz CT molecular complexity index is 4820. The molecule has 34 heteroatoms. The Morgan fingerprint density at radius 2 is 0.720 bits per heavy atom. The topological polar surface area (TPSA) is 333 Å². The minimum Gasteiger partial charge on any atom is -0.478 e. The van der Waals surface area contributed by atoms with Crippen molar-refractivity contribution in [1.82, 2.24) is 29.5 Å². The molecule has 0 bridgehead atoms. The van der Waals surface area contributed by atoms with Gasteiger partial charge in [0, 0.05) is 138 Å². The van der Waals surface area contributed by atoms with Crippen LogP contribution in [-0.2, 0) is 77.9 Å². The maximum Gasteiger partial charge on any atom is 0.335 e. The van der Waals surface area contributed by atoms with E-state index < -0.39 is 41.8 Å². The second kappa shape index (κ2) is 46.3. The van der Waals surface area contributed by atoms with Gasteiger partial charge in [0.15, 0.2) is 15.6 Å². The summed E-state index contributed by atoms with van der Waals surface area (Å²) in [5, 5.41) is 32.0. The van der Waals surface area contributed by atoms with Crippen molar-refractivity contribution in [3.8, 4) is 0 Å². The summed E-state index contributed by atoms with van der Waals surface area (Å²) in [6.45, 7) is 8.25. The molecule has 3 aliphatic heterocycles. The van der Waals surface area contributed by atoms with E-state index >= 15 is 0 Å². The quantitative estimate of drug-likeness (QED) is 0.0153. The molecule has 8 aromatic carbocycles. The molecule has 0 radical (unpaired) electrons. The Morgan fingerprint density at radius 1 is 0.398 bits per heavy atom. The molecule has 118 heavy (non-hydrogen) atoms. The number of ether oxygens (including phenoxy) is 6. The molecule has 0 aromatic heterocycles. The average molecular weight is 1800 g/mol. The van der Waals surface area contributed by atoms with E-state index in [0.29, 0.717) is 80.5 Å². The van der Waals surface area contributed by atoms with Crippen molar-refractivity contribution in [3.63, 3.8) is 0 Å². The van der Waals surface area contributed by atoms with Gasteiger partial charge < -0.3 is 63.8 Å². The fraction of sp³-hybridized carbons (Fsp3) is 0.381. The third kappa shape index (κ3) is 28.3. The van der Waals surface area contributed by atoms with Crippen molar-refractivity contribution in [1.29, 1.82) is 0 Å². The van der Waals surface area contributed by atoms with Crippen LogP contribution >= 0.6 is 69.6 Å². The highest BCUT2D eigenvalue weighted by Crippen LogP contribution is 2.42. The van der Waals surface area contributed by atoms with E-state index in [1.807, 2.05) is 75.7 Å². The van der Waals surface area contributed by atoms with E-state index in [-0.39, 0.29) is 153 Å². The highest BCUT2D eigenvalue weighted by atomic mass is 35.5. The first-order chi connectivity index (χ1) is 56.4. The molecule has 636 valence electrons. The average Bonchev–Trinajstić information content (AvgIpc) is 0.782. The standard InChI is InChI=1S/C54H62Cl4N4O10S2.C22H28Cl2N2O5S.C8H6O4/c1-61-33-47(45-29-41(55)31-51(57)49(45)35-61)37-10-14-43(15-11-37)73(65,66)28-4-21-70-25-26-71-22-18-59-54(64)40-8-6-39(7-9-40)53(63)5-3-20-69-24-27-72-23-19-60-74(67,68)44-16-12-38(13-17-44)48-34-62(2)36-50-46(48)30-42(56)32-52(50)58;1-26-14-20(19-12-17(23)13-22(24)21(19)15-26)16-2-4-18(5-3-16)32(28,29)25-6-8-30-10-11-31-9-7-27;9-7(10)5-1-2-6(4-3-5)8(11)12/h6-17,29-32,47-48,60H,3-5,18-28,33-36H2,1-2H3,(H,59,64);2-5,12-13,20,25,27H,6-11,14-15H2,1H3;1-4H,(H,9,10)(H,11,12). The number of benzene rings is 8. The number of rotatable bonds is 40. The minimum atomic E-state index is -3.75. The first kappa shape index (κ1) is 94.8. The number of aromatic carboxylic acids is 2. The van der Waals surface area contributed by atoms with Gasteiger partial charge in [0.05, 0.1) is 104 Å². The number of halogens is 6. The van der Waals surface area contributed by atoms with E-state index in [4.69, 9.17) is 113 Å². The molecular formula is C84H96Cl6N6O19S3. The molecule has 3 unspecified atom stereocenters. The minimum absolute atomic E-state index is 0.00131. The van der Waals surface area contributed by atoms with Crippen molar-refractivity contribution in [2.24, 2.45) is 0 Å². The first-order valence-electron chi connectivity index (χ1n) is 38.0. The van der Waals surface area contributed by atoms with E-state index in [9.17, 15) is 44.4 Å². The van der Waals surface area contributed by atoms with Gasteiger partial charge >= 0.3 is 11.9 Å². The number of aliphatic hydroxyl groups is 1. The van der Waals surface area contributed by atoms with Crippen LogP contribution in [0.1, 0.15) is 129 Å². The maximum absolute atomic E-state index is 13.1. The highest BCUT2D eigenvalue weighted by Gasteiger charge is 2.32. The summed E-state index contributed by atoms with van der Waals surface area (Å²) in [5.41, 5.74) is 10.3. The van der Waals surface area contributed by atoms with E-state index in [0.717, 1.165) is 82.8 Å². The fourth-order valence-electron chi connectivity index (χ4n) is 13.6. The van der Waals surface area contributed by atoms with Gasteiger partial charge in [-0.05, 0) is 193 Å². The van der Waals surface area contributed by atoms with Gasteiger partial charge in [-0.25, -0.2) is 44.3 Å². The SMILES string of the molecule is CN1Cc2c(Cl)cc(Cl)cc2C(c2ccc(S(=O)(=O)CCCOCCOCCNC(=O)c3ccc(C(=O)CCCOCCOCCNS(=O)(=O)c4ccc(C5CN(C)Cc6c(Cl)cc(Cl)cc65)cc4)cc3)cc2)C1.CN1Cc2c(Cl)cc(Cl)cc2C(c2ccc(S(=O)(=O)NCCOCCOCCO)cc2)C1.O=C(O)c1ccc(C(=O)O)cc1. The summed E-state index contributed by atoms with van der Waals surface area (Å²) in [6.07, 6.45) is 1.09. The number of Topliss-reactive ketones (excluding diaryl/α,β-unsaturated/α-hetero) is 1. The summed E-state index contributed by atoms with van der Waals surface area (Å²) in [4.78, 5) is 53.2. The number of hydrogen-bond donors (Lipinski definition) is 6. The van der Waals surface area contributed by atoms with Crippen molar-refractivity contribution in [2.75, 3.05) is 152 Å². The number of ketones is 1. The fourth-order valence-corrected chi connectivity index (χ4v) is 18.6. The number of hydrogen-bond acceptors (Lipinski definition) is 20. The number of carboxylic acid groups (broad SMARTS) is 2. The second-order valence-corrected chi connectivity index (χ2v) is 36.4. The van der Waals surface area contributed by atoms with Crippen molar-refractivity contribution >= 4 is 123 Å². The molecule has 25 nitrogen and oxygen atoms in total. The van der Waals surface area contributed by atoms with E-state index in [1.165, 1.54) is 24.3 Å². The number of sulfonamides is 2. The number of aliphatic hydroxyl groups excluding tert-OH is 1. The monoisotopic (exact) mass is 1800 g/mol. The second-order valence-electron chi connectivity index (χ2n) is 28.2. The van der Waals surface area contributed by atoms with Gasteiger partial charge in [0.25, 0.3) is 5.91 Å². The number of carboxylic acids is 2. The first-order valence-corrected chi connectivity index (χ1v) is 44.9. The third-order valence-electron chi connectivity index (χ3n) is 19.5. The lowest BCUT2D eigenvalue weighted by Crippen LogP contribution is -2.31. The van der Waals surface area contributed by atoms with Gasteiger partial charge in [0.2, 0.25) is 20.0 Å². The number of carbonyl (C=O) groups is 4. The van der Waals surface area contributed by atoms with Crippen LogP contribution in [0.15, 0.2) is 172 Å². The smallest absolute Gasteiger partial charge is 0.335 e. The lowest BCUT2D eigenvalue weighted by molar-refractivity contribution is 0.0348. The molecule has 0 aliphatic carbocycles. The Morgan fingerprint density at radius 3 is 1.08 bits per heavy atom. The van der Waals surface area contributed by atoms with Crippen LogP contribution in [0.3, 0.4) is 0 Å². The maximum atomic E-state index is 13.1. The van der Waals surface area contributed by atoms with Gasteiger partial charge in [-0.2, -0.15) is 0 Å². The molecule has 3 atom stereocenters. The summed E-state index contributed by atoms with van der Waals surface area (Å²) in [6, 6.07) is 43.3. The van der Waals surface area contributed by atoms with Gasteiger partial charge in [-0.1, -0.05) is 118 Å². The number of fused-ring (bicyclic) bond motifs is 3. The predicted octanol–water partition coefficient (Wildman–Crippen LogP) is 13.0. The Kier molecular flexibility index (Phi) is 37.2. The van der Waals surface area contributed by atoms with Crippen LogP contribution in [0, 0.1) is 0 Å². The summed E-state index contributed by atoms with van der Waals surface area (Å²) >= 11 is 38.3. The Labute approximate surface area is 719 Å². The van der Waals surface area contributed by atoms with Gasteiger partial charge in [-0.15, -0.1) is 0 Å². The highest BCUT2D eigenvalue weighted by molar-refractivity contribution is 7.91. The molecule has 0 saturated heterocycles. The molecule has 11 rings (SSSR count). The van der Waals surface area contributed by atoms with Crippen molar-refractivity contribution < 1.29 is 88.2 Å². The van der Waals surface area contributed by atoms with Crippen molar-refractivity contribution in [2.45, 2.75) is 71.3 Å². The molecule has 3 aliphatic rings. The van der Waals surface area contributed by atoms with Crippen molar-refractivity contribution in [3.05, 3.63) is 260 Å². The predicted molar refractivity (Wildman–Crippen MR) is 455 cm³/mol. The Balaban J connectivity index is 0.000000293. The number of sulfone groups is 1. The van der Waals surface area contributed by atoms with Crippen LogP contribution in [-0.4, -0.2) is 231 Å². The molecule has 3 heterocycles. The van der Waals surface area contributed by atoms with E-state index in [1.54, 1.807) is 78.9 Å². The summed E-state index contributed by atoms with van der Waals surface area (Å²) in [5.74, 6) is -2.49. The van der Waals surface area contributed by atoms with Crippen LogP contribution in [0.2, 0.25) is 30.1 Å². The van der Waals surface area contributed by atoms with Crippen LogP contribution in [0.4, 0.5) is 0 Å². The van der Waals surface area contributed by atoms with Crippen LogP contribution in [0.25, 0.3) is 0 Å². The Hall–Kier alpha value is -7.05. The third-order valence-corrected chi connectivity index (χ3v) is 25.9. The number of nitrogens with one attached hydrogen (secondary N) is 3. The molecular weight excluding hydrogens is 1710 g/mol. The zero-order valence-corrected chi connectivity index (χ0v) is 72.3. The molecule has 1 amide bonds. The normalized spacial score (nSPS) is 15.7. The largest absolute Gasteiger partial charge is 0.478 e. The molecule has 0 spiro atoms. The number of nitrogens with zero attached hydrogens (tertiary/aromatic N) is 3. The molecule has 6 N–H and O–H groups in total. The van der Waals surface area contributed by atoms with Gasteiger partial charge in [-0.3, -0.25) is 9.59 Å². The summed E-state index contributed by atoms with van der Waals surface area (Å²) in [7, 11) is -4.81. The van der Waals surface area contributed by atoms with E-state index in [2.05, 4.69) is 29.5 Å². The zero-order chi connectivity index (χ0) is 85.1. The lowest BCUT2D eigenvalue weighted by atomic mass is 9.85. The van der Waals surface area contributed by atoms with Gasteiger partial charge in [0.1, 0.15) is 0 Å². The molecule has 8 aromatic rings. The lowest BCUT2D eigenvalue weighted by Gasteiger charge is -2.33. The number of carbonyl (C=O) groups excluding carboxylic acids is 2. The number of likely N-dealkylation sites (N-methyl/N-ethyl adjacent to an activating group) is 3. The van der Waals surface area contributed by atoms with Crippen LogP contribution < -0.4 is 14.8 Å². The number of amides is 1. The molecule has 0 saturated carbocycles. The zero-order valence-electron chi connectivity index (χ0n) is 65.3.